The number of aryl methyl sites for hydroxylation is 2. The van der Waals surface area contributed by atoms with Gasteiger partial charge in [0.2, 0.25) is 0 Å². The van der Waals surface area contributed by atoms with Crippen LogP contribution in [0.25, 0.3) is 0 Å². The number of rotatable bonds is 2. The van der Waals surface area contributed by atoms with Crippen LogP contribution in [0, 0.1) is 6.92 Å². The minimum atomic E-state index is -0.321. The number of primary amides is 1. The first kappa shape index (κ1) is 8.27. The van der Waals surface area contributed by atoms with Crippen LogP contribution in [0.5, 0.6) is 0 Å². The summed E-state index contributed by atoms with van der Waals surface area (Å²) in [7, 11) is 0. The number of hydrogen-bond acceptors (Lipinski definition) is 2. The van der Waals surface area contributed by atoms with Crippen LogP contribution >= 0.6 is 11.3 Å². The van der Waals surface area contributed by atoms with Crippen molar-refractivity contribution in [2.24, 2.45) is 5.73 Å². The molecule has 0 fully saturated rings. The Kier molecular flexibility index (Phi) is 2.29. The monoisotopic (exact) mass is 169 g/mol. The van der Waals surface area contributed by atoms with Crippen LogP contribution in [0.4, 0.5) is 0 Å². The molecular weight excluding hydrogens is 158 g/mol. The third-order valence-electron chi connectivity index (χ3n) is 1.64. The molecule has 0 radical (unpaired) electrons. The molecule has 0 spiro atoms. The quantitative estimate of drug-likeness (QED) is 0.719. The van der Waals surface area contributed by atoms with Gasteiger partial charge in [0.15, 0.2) is 0 Å². The van der Waals surface area contributed by atoms with Crippen LogP contribution < -0.4 is 5.73 Å². The Morgan fingerprint density at radius 2 is 2.36 bits per heavy atom. The lowest BCUT2D eigenvalue weighted by Gasteiger charge is -1.87. The van der Waals surface area contributed by atoms with Crippen LogP contribution in [0.2, 0.25) is 0 Å². The van der Waals surface area contributed by atoms with E-state index in [2.05, 4.69) is 6.92 Å². The molecule has 0 atom stereocenters. The van der Waals surface area contributed by atoms with E-state index in [1.807, 2.05) is 13.0 Å². The van der Waals surface area contributed by atoms with E-state index in [4.69, 9.17) is 5.73 Å². The van der Waals surface area contributed by atoms with E-state index in [-0.39, 0.29) is 5.91 Å². The average Bonchev–Trinajstić information content (AvgIpc) is 2.31. The second-order valence-corrected chi connectivity index (χ2v) is 3.67. The molecule has 0 bridgehead atoms. The van der Waals surface area contributed by atoms with Gasteiger partial charge in [0.25, 0.3) is 5.91 Å². The van der Waals surface area contributed by atoms with Gasteiger partial charge >= 0.3 is 0 Å². The maximum Gasteiger partial charge on any atom is 0.258 e. The molecule has 11 heavy (non-hydrogen) atoms. The highest BCUT2D eigenvalue weighted by Gasteiger charge is 2.06. The lowest BCUT2D eigenvalue weighted by molar-refractivity contribution is 0.100. The van der Waals surface area contributed by atoms with Gasteiger partial charge in [-0.05, 0) is 25.0 Å². The van der Waals surface area contributed by atoms with Gasteiger partial charge in [0, 0.05) is 4.88 Å². The molecule has 1 rings (SSSR count). The molecule has 0 aromatic carbocycles. The van der Waals surface area contributed by atoms with Gasteiger partial charge in [-0.15, -0.1) is 11.3 Å². The average molecular weight is 169 g/mol. The van der Waals surface area contributed by atoms with E-state index in [0.717, 1.165) is 6.42 Å². The standard InChI is InChI=1S/C8H11NOS/c1-3-6-4-7(8(9)10)11-5(6)2/h4H,3H2,1-2H3,(H2,9,10). The van der Waals surface area contributed by atoms with Crippen molar-refractivity contribution in [3.05, 3.63) is 21.4 Å². The first-order chi connectivity index (χ1) is 5.15. The lowest BCUT2D eigenvalue weighted by atomic mass is 10.2. The molecule has 2 N–H and O–H groups in total. The Labute approximate surface area is 70.0 Å². The Morgan fingerprint density at radius 1 is 1.73 bits per heavy atom. The maximum atomic E-state index is 10.7. The molecule has 0 aliphatic rings. The summed E-state index contributed by atoms with van der Waals surface area (Å²) in [5.74, 6) is -0.321. The summed E-state index contributed by atoms with van der Waals surface area (Å²) in [6.45, 7) is 4.08. The Balaban J connectivity index is 3.05. The molecule has 0 saturated carbocycles. The molecule has 60 valence electrons. The highest BCUT2D eigenvalue weighted by Crippen LogP contribution is 2.21. The van der Waals surface area contributed by atoms with Crippen LogP contribution in [-0.2, 0) is 6.42 Å². The number of carbonyl (C=O) groups is 1. The summed E-state index contributed by atoms with van der Waals surface area (Å²) >= 11 is 1.47. The molecule has 0 aliphatic heterocycles. The molecular formula is C8H11NOS. The van der Waals surface area contributed by atoms with Gasteiger partial charge in [-0.3, -0.25) is 4.79 Å². The number of hydrogen-bond donors (Lipinski definition) is 1. The van der Waals surface area contributed by atoms with Crippen LogP contribution in [0.1, 0.15) is 27.0 Å². The Morgan fingerprint density at radius 3 is 2.64 bits per heavy atom. The number of nitrogens with two attached hydrogens (primary N) is 1. The molecule has 2 nitrogen and oxygen atoms in total. The summed E-state index contributed by atoms with van der Waals surface area (Å²) in [6.07, 6.45) is 0.968. The third-order valence-corrected chi connectivity index (χ3v) is 2.75. The maximum absolute atomic E-state index is 10.7. The second kappa shape index (κ2) is 3.05. The van der Waals surface area contributed by atoms with E-state index in [1.54, 1.807) is 0 Å². The summed E-state index contributed by atoms with van der Waals surface area (Å²) < 4.78 is 0. The van der Waals surface area contributed by atoms with Gasteiger partial charge in [-0.25, -0.2) is 0 Å². The normalized spacial score (nSPS) is 10.0. The molecule has 1 aromatic heterocycles. The second-order valence-electron chi connectivity index (χ2n) is 2.41. The Bertz CT molecular complexity index is 278. The van der Waals surface area contributed by atoms with Gasteiger partial charge in [-0.2, -0.15) is 0 Å². The molecule has 1 amide bonds. The van der Waals surface area contributed by atoms with Crippen molar-refractivity contribution in [2.75, 3.05) is 0 Å². The van der Waals surface area contributed by atoms with Crippen molar-refractivity contribution in [3.63, 3.8) is 0 Å². The van der Waals surface area contributed by atoms with Crippen LogP contribution in [-0.4, -0.2) is 5.91 Å². The highest BCUT2D eigenvalue weighted by atomic mass is 32.1. The minimum absolute atomic E-state index is 0.321. The number of thiophene rings is 1. The fourth-order valence-electron chi connectivity index (χ4n) is 0.992. The van der Waals surface area contributed by atoms with Gasteiger partial charge < -0.3 is 5.73 Å². The van der Waals surface area contributed by atoms with Crippen LogP contribution in [0.15, 0.2) is 6.07 Å². The molecule has 1 aromatic rings. The van der Waals surface area contributed by atoms with Crippen LogP contribution in [0.3, 0.4) is 0 Å². The topological polar surface area (TPSA) is 43.1 Å². The van der Waals surface area contributed by atoms with E-state index in [9.17, 15) is 4.79 Å². The zero-order valence-electron chi connectivity index (χ0n) is 6.68. The third kappa shape index (κ3) is 1.60. The molecule has 0 saturated heterocycles. The van der Waals surface area contributed by atoms with Crippen molar-refractivity contribution >= 4 is 17.2 Å². The molecule has 0 aliphatic carbocycles. The summed E-state index contributed by atoms with van der Waals surface area (Å²) in [6, 6.07) is 1.88. The molecule has 0 unspecified atom stereocenters. The number of amides is 1. The summed E-state index contributed by atoms with van der Waals surface area (Å²) in [4.78, 5) is 12.6. The minimum Gasteiger partial charge on any atom is -0.365 e. The van der Waals surface area contributed by atoms with Crippen molar-refractivity contribution in [3.8, 4) is 0 Å². The number of carbonyl (C=O) groups excluding carboxylic acids is 1. The first-order valence-electron chi connectivity index (χ1n) is 3.54. The predicted molar refractivity (Wildman–Crippen MR) is 47.0 cm³/mol. The first-order valence-corrected chi connectivity index (χ1v) is 4.36. The van der Waals surface area contributed by atoms with Crippen molar-refractivity contribution < 1.29 is 4.79 Å². The zero-order chi connectivity index (χ0) is 8.43. The van der Waals surface area contributed by atoms with Gasteiger partial charge in [0.1, 0.15) is 0 Å². The largest absolute Gasteiger partial charge is 0.365 e. The summed E-state index contributed by atoms with van der Waals surface area (Å²) in [5.41, 5.74) is 6.35. The smallest absolute Gasteiger partial charge is 0.258 e. The lowest BCUT2D eigenvalue weighted by Crippen LogP contribution is -2.08. The molecule has 3 heteroatoms. The fourth-order valence-corrected chi connectivity index (χ4v) is 1.96. The highest BCUT2D eigenvalue weighted by molar-refractivity contribution is 7.14. The van der Waals surface area contributed by atoms with E-state index >= 15 is 0 Å². The van der Waals surface area contributed by atoms with Crippen molar-refractivity contribution in [2.45, 2.75) is 20.3 Å². The van der Waals surface area contributed by atoms with Crippen molar-refractivity contribution in [1.82, 2.24) is 0 Å². The fraction of sp³-hybridized carbons (Fsp3) is 0.375. The zero-order valence-corrected chi connectivity index (χ0v) is 7.49. The van der Waals surface area contributed by atoms with Crippen molar-refractivity contribution in [1.29, 1.82) is 0 Å². The Hall–Kier alpha value is -0.830. The summed E-state index contributed by atoms with van der Waals surface area (Å²) in [5, 5.41) is 0. The van der Waals surface area contributed by atoms with Gasteiger partial charge in [0.05, 0.1) is 4.88 Å². The predicted octanol–water partition coefficient (Wildman–Crippen LogP) is 1.72. The van der Waals surface area contributed by atoms with E-state index in [0.29, 0.717) is 4.88 Å². The van der Waals surface area contributed by atoms with E-state index < -0.39 is 0 Å². The SMILES string of the molecule is CCc1cc(C(N)=O)sc1C. The van der Waals surface area contributed by atoms with Gasteiger partial charge in [-0.1, -0.05) is 6.92 Å². The molecule has 1 heterocycles. The van der Waals surface area contributed by atoms with E-state index in [1.165, 1.54) is 21.8 Å².